The summed E-state index contributed by atoms with van der Waals surface area (Å²) in [7, 11) is 0. The van der Waals surface area contributed by atoms with E-state index in [1.807, 2.05) is 4.90 Å². The fourth-order valence-corrected chi connectivity index (χ4v) is 13.1. The number of alkyl halides is 12. The van der Waals surface area contributed by atoms with Crippen LogP contribution in [0.15, 0.2) is 84.0 Å². The van der Waals surface area contributed by atoms with E-state index in [2.05, 4.69) is 5.10 Å². The lowest BCUT2D eigenvalue weighted by Gasteiger charge is -2.32. The SMILES string of the molecule is C[C@@H](OC1CN2C(=O)C(C)(CN3CC[C@@H](O)C3)C[C@H]2C1c1ccc(F)c(N2CN(CC3(C)C[C@H]4C(c5ccc(F)cc5)[C@@H](O[C@H](C)c5cc(C(F)(F)F)cc(C(F)(F)F)c5)CN4C3=O)C=N2)c1)c1cc(C(F)(F)F)cc(C(F)(F)F)c1. The zero-order valence-corrected chi connectivity index (χ0v) is 43.9. The van der Waals surface area contributed by atoms with Crippen LogP contribution in [0.2, 0.25) is 0 Å². The van der Waals surface area contributed by atoms with Crippen LogP contribution in [0.25, 0.3) is 0 Å². The normalized spacial score (nSPS) is 29.0. The lowest BCUT2D eigenvalue weighted by Crippen LogP contribution is -2.43. The number of likely N-dealkylation sites (tertiary alicyclic amines) is 1. The fraction of sp³-hybridized carbons (Fsp3) is 0.518. The Morgan fingerprint density at radius 1 is 0.617 bits per heavy atom. The van der Waals surface area contributed by atoms with Crippen LogP contribution >= 0.6 is 0 Å². The quantitative estimate of drug-likeness (QED) is 0.132. The van der Waals surface area contributed by atoms with E-state index in [0.717, 1.165) is 0 Å². The number of ether oxygens (including phenoxy) is 2. The fourth-order valence-electron chi connectivity index (χ4n) is 13.1. The van der Waals surface area contributed by atoms with Gasteiger partial charge in [-0.2, -0.15) is 57.8 Å². The number of carbonyl (C=O) groups excluding carboxylic acids is 2. The molecular formula is C56H56F14N6O5. The first-order valence-electron chi connectivity index (χ1n) is 26.2. The molecule has 6 heterocycles. The minimum absolute atomic E-state index is 0.0104. The Morgan fingerprint density at radius 2 is 1.06 bits per heavy atom. The van der Waals surface area contributed by atoms with Gasteiger partial charge in [-0.15, -0.1) is 0 Å². The number of hydrogen-bond acceptors (Lipinski definition) is 9. The number of amides is 2. The molecule has 6 aliphatic rings. The molecule has 438 valence electrons. The number of fused-ring (bicyclic) bond motifs is 2. The smallest absolute Gasteiger partial charge is 0.392 e. The third-order valence-electron chi connectivity index (χ3n) is 16.9. The number of anilines is 1. The van der Waals surface area contributed by atoms with E-state index in [1.165, 1.54) is 72.6 Å². The van der Waals surface area contributed by atoms with Crippen LogP contribution in [0, 0.1) is 22.5 Å². The van der Waals surface area contributed by atoms with Gasteiger partial charge in [0, 0.05) is 63.2 Å². The van der Waals surface area contributed by atoms with E-state index in [9.17, 15) is 71.8 Å². The van der Waals surface area contributed by atoms with Crippen LogP contribution in [0.1, 0.15) is 116 Å². The number of halogens is 14. The van der Waals surface area contributed by atoms with Gasteiger partial charge in [-0.1, -0.05) is 18.2 Å². The Bertz CT molecular complexity index is 3020. The van der Waals surface area contributed by atoms with E-state index in [1.54, 1.807) is 23.6 Å². The number of rotatable bonds is 13. The van der Waals surface area contributed by atoms with Gasteiger partial charge in [0.15, 0.2) is 0 Å². The van der Waals surface area contributed by atoms with Crippen molar-refractivity contribution in [1.82, 2.24) is 19.6 Å². The molecular weight excluding hydrogens is 1100 g/mol. The topological polar surface area (TPSA) is 101 Å². The van der Waals surface area contributed by atoms with Gasteiger partial charge in [-0.25, -0.2) is 13.8 Å². The largest absolute Gasteiger partial charge is 0.416 e. The van der Waals surface area contributed by atoms with Crippen LogP contribution < -0.4 is 5.01 Å². The lowest BCUT2D eigenvalue weighted by molar-refractivity contribution is -0.145. The van der Waals surface area contributed by atoms with Crippen LogP contribution in [0.4, 0.5) is 67.2 Å². The molecule has 81 heavy (non-hydrogen) atoms. The Kier molecular flexibility index (Phi) is 14.8. The van der Waals surface area contributed by atoms with Crippen molar-refractivity contribution < 1.29 is 85.6 Å². The predicted molar refractivity (Wildman–Crippen MR) is 264 cm³/mol. The molecule has 6 aliphatic heterocycles. The van der Waals surface area contributed by atoms with Gasteiger partial charge in [-0.3, -0.25) is 14.5 Å². The number of aliphatic hydroxyl groups is 1. The molecule has 4 aromatic rings. The molecule has 0 radical (unpaired) electrons. The molecule has 10 rings (SSSR count). The van der Waals surface area contributed by atoms with E-state index in [-0.39, 0.29) is 68.8 Å². The summed E-state index contributed by atoms with van der Waals surface area (Å²) in [6.45, 7) is 6.94. The molecule has 2 amide bonds. The van der Waals surface area contributed by atoms with E-state index < -0.39 is 135 Å². The van der Waals surface area contributed by atoms with Crippen LogP contribution in [0.3, 0.4) is 0 Å². The van der Waals surface area contributed by atoms with Crippen molar-refractivity contribution in [3.63, 3.8) is 0 Å². The Morgan fingerprint density at radius 3 is 1.51 bits per heavy atom. The minimum atomic E-state index is -5.13. The summed E-state index contributed by atoms with van der Waals surface area (Å²) in [5.41, 5.74) is -8.22. The van der Waals surface area contributed by atoms with E-state index >= 15 is 4.39 Å². The van der Waals surface area contributed by atoms with Crippen molar-refractivity contribution in [3.8, 4) is 0 Å². The predicted octanol–water partition coefficient (Wildman–Crippen LogP) is 11.5. The number of benzene rings is 4. The first-order chi connectivity index (χ1) is 37.7. The van der Waals surface area contributed by atoms with Crippen molar-refractivity contribution >= 4 is 23.8 Å². The maximum atomic E-state index is 16.2. The summed E-state index contributed by atoms with van der Waals surface area (Å²) in [5, 5.41) is 16.0. The summed E-state index contributed by atoms with van der Waals surface area (Å²) in [4.78, 5) is 35.7. The molecule has 0 bridgehead atoms. The van der Waals surface area contributed by atoms with Crippen molar-refractivity contribution in [2.75, 3.05) is 50.9 Å². The average molecular weight is 1160 g/mol. The second-order valence-electron chi connectivity index (χ2n) is 22.9. The number of hydrazone groups is 1. The summed E-state index contributed by atoms with van der Waals surface area (Å²) >= 11 is 0. The average Bonchev–Trinajstić information content (AvgIpc) is 3.34. The molecule has 25 heteroatoms. The van der Waals surface area contributed by atoms with E-state index in [0.29, 0.717) is 61.4 Å². The highest BCUT2D eigenvalue weighted by atomic mass is 19.4. The molecule has 0 spiro atoms. The first-order valence-corrected chi connectivity index (χ1v) is 26.2. The van der Waals surface area contributed by atoms with Crippen molar-refractivity contribution in [2.24, 2.45) is 15.9 Å². The van der Waals surface area contributed by atoms with Gasteiger partial charge in [0.05, 0.1) is 69.3 Å². The van der Waals surface area contributed by atoms with Gasteiger partial charge in [-0.05, 0) is 130 Å². The Labute approximate surface area is 456 Å². The maximum Gasteiger partial charge on any atom is 0.416 e. The van der Waals surface area contributed by atoms with Crippen LogP contribution in [0.5, 0.6) is 0 Å². The number of carbonyl (C=O) groups is 2. The third kappa shape index (κ3) is 11.4. The first kappa shape index (κ1) is 58.2. The number of hydrogen-bond donors (Lipinski definition) is 1. The van der Waals surface area contributed by atoms with Crippen molar-refractivity contribution in [1.29, 1.82) is 0 Å². The van der Waals surface area contributed by atoms with Crippen molar-refractivity contribution in [2.45, 2.75) is 126 Å². The second kappa shape index (κ2) is 20.7. The lowest BCUT2D eigenvalue weighted by atomic mass is 9.80. The standard InChI is InChI=1S/C56H56F14N6O5/c1-29(33-13-35(53(59,60)61)18-36(14-33)54(62,63)64)80-45-23-74-43(47(45)31-5-8-39(57)9-6-31)20-52(4,50(74)79)26-73-27-71-76(28-73)42-17-32(7-10-41(42)58)48-44-21-51(3,25-72-12-11-40(77)22-72)49(78)75(44)24-46(48)81-30(2)34-15-37(55(65,66)67)19-38(16-34)56(68,69)70/h5-10,13-19,27,29-30,40,43-48,77H,11-12,20-26,28H2,1-4H3/t29-,30-,40-,43+,44+,45+,46?,47?,48?,51?,52?/m1/s1. The summed E-state index contributed by atoms with van der Waals surface area (Å²) in [5.74, 6) is -3.50. The molecule has 11 atom stereocenters. The Hall–Kier alpha value is -6.05. The summed E-state index contributed by atoms with van der Waals surface area (Å²) in [6.07, 6.45) is -23.5. The molecule has 5 saturated heterocycles. The zero-order valence-electron chi connectivity index (χ0n) is 43.9. The summed E-state index contributed by atoms with van der Waals surface area (Å²) < 4.78 is 210. The molecule has 0 saturated carbocycles. The molecule has 4 aromatic carbocycles. The highest BCUT2D eigenvalue weighted by Crippen LogP contribution is 2.53. The second-order valence-corrected chi connectivity index (χ2v) is 22.9. The maximum absolute atomic E-state index is 16.2. The molecule has 11 nitrogen and oxygen atoms in total. The van der Waals surface area contributed by atoms with Crippen molar-refractivity contribution in [3.05, 3.63) is 135 Å². The zero-order chi connectivity index (χ0) is 58.7. The number of β-amino-alcohol motifs (C(OH)–C–C–N with tert-alkyl or cyclic N) is 1. The van der Waals surface area contributed by atoms with Crippen LogP contribution in [-0.4, -0.2) is 119 Å². The van der Waals surface area contributed by atoms with Gasteiger partial charge >= 0.3 is 24.7 Å². The third-order valence-corrected chi connectivity index (χ3v) is 16.9. The van der Waals surface area contributed by atoms with Gasteiger partial charge in [0.1, 0.15) is 24.6 Å². The van der Waals surface area contributed by atoms with Gasteiger partial charge < -0.3 is 29.3 Å². The van der Waals surface area contributed by atoms with Crippen LogP contribution in [-0.2, 0) is 43.8 Å². The molecule has 5 unspecified atom stereocenters. The molecule has 0 aliphatic carbocycles. The minimum Gasteiger partial charge on any atom is -0.392 e. The summed E-state index contributed by atoms with van der Waals surface area (Å²) in [6, 6.07) is 10.5. The highest BCUT2D eigenvalue weighted by molar-refractivity contribution is 5.87. The number of nitrogens with zero attached hydrogens (tertiary/aromatic N) is 6. The molecule has 5 fully saturated rings. The molecule has 1 N–H and O–H groups in total. The number of aliphatic hydroxyl groups excluding tert-OH is 1. The van der Waals surface area contributed by atoms with Gasteiger partial charge in [0.2, 0.25) is 11.8 Å². The van der Waals surface area contributed by atoms with Gasteiger partial charge in [0.25, 0.3) is 0 Å². The van der Waals surface area contributed by atoms with E-state index in [4.69, 9.17) is 9.47 Å². The monoisotopic (exact) mass is 1160 g/mol. The highest BCUT2D eigenvalue weighted by Gasteiger charge is 2.60. The Balaban J connectivity index is 0.888. The molecule has 0 aromatic heterocycles.